The highest BCUT2D eigenvalue weighted by Crippen LogP contribution is 2.12. The van der Waals surface area contributed by atoms with E-state index in [4.69, 9.17) is 18.0 Å². The molecule has 1 aromatic rings. The quantitative estimate of drug-likeness (QED) is 0.842. The van der Waals surface area contributed by atoms with E-state index < -0.39 is 0 Å². The lowest BCUT2D eigenvalue weighted by molar-refractivity contribution is 0.118. The van der Waals surface area contributed by atoms with E-state index in [-0.39, 0.29) is 6.04 Å². The first kappa shape index (κ1) is 15.4. The Kier molecular flexibility index (Phi) is 5.52. The van der Waals surface area contributed by atoms with Gasteiger partial charge in [-0.1, -0.05) is 43.4 Å². The standard InChI is InChI=1S/C16H25N3S/c1-3-14-4-6-15(7-5-14)12-18-8-10-19(11-9-18)13(2)16(17)20/h4-7,13H,3,8-12H2,1-2H3,(H2,17,20). The molecule has 0 aliphatic carbocycles. The topological polar surface area (TPSA) is 32.5 Å². The molecule has 0 amide bonds. The van der Waals surface area contributed by atoms with Crippen LogP contribution >= 0.6 is 12.2 Å². The van der Waals surface area contributed by atoms with Crippen molar-refractivity contribution in [1.29, 1.82) is 0 Å². The molecule has 20 heavy (non-hydrogen) atoms. The largest absolute Gasteiger partial charge is 0.392 e. The summed E-state index contributed by atoms with van der Waals surface area (Å²) >= 11 is 5.08. The van der Waals surface area contributed by atoms with Crippen LogP contribution in [0.1, 0.15) is 25.0 Å². The van der Waals surface area contributed by atoms with Gasteiger partial charge in [-0.2, -0.15) is 0 Å². The van der Waals surface area contributed by atoms with E-state index in [9.17, 15) is 0 Å². The van der Waals surface area contributed by atoms with Crippen molar-refractivity contribution >= 4 is 17.2 Å². The van der Waals surface area contributed by atoms with Crippen molar-refractivity contribution in [3.05, 3.63) is 35.4 Å². The maximum atomic E-state index is 5.73. The van der Waals surface area contributed by atoms with Crippen LogP contribution in [0.5, 0.6) is 0 Å². The van der Waals surface area contributed by atoms with Crippen LogP contribution in [0.3, 0.4) is 0 Å². The molecule has 1 atom stereocenters. The second-order valence-electron chi connectivity index (χ2n) is 5.56. The second kappa shape index (κ2) is 7.16. The highest BCUT2D eigenvalue weighted by Gasteiger charge is 2.22. The number of benzene rings is 1. The molecule has 1 aliphatic heterocycles. The molecule has 0 saturated carbocycles. The molecular weight excluding hydrogens is 266 g/mol. The second-order valence-corrected chi connectivity index (χ2v) is 6.03. The van der Waals surface area contributed by atoms with E-state index in [1.54, 1.807) is 0 Å². The van der Waals surface area contributed by atoms with Gasteiger partial charge in [0.1, 0.15) is 0 Å². The van der Waals surface area contributed by atoms with Gasteiger partial charge in [-0.15, -0.1) is 0 Å². The van der Waals surface area contributed by atoms with Crippen LogP contribution in [0.25, 0.3) is 0 Å². The molecule has 2 N–H and O–H groups in total. The van der Waals surface area contributed by atoms with E-state index in [0.29, 0.717) is 4.99 Å². The third-order valence-electron chi connectivity index (χ3n) is 4.20. The molecule has 0 bridgehead atoms. The number of hydrogen-bond donors (Lipinski definition) is 1. The average Bonchev–Trinajstić information content (AvgIpc) is 2.48. The molecular formula is C16H25N3S. The van der Waals surface area contributed by atoms with Gasteiger partial charge in [0.05, 0.1) is 11.0 Å². The maximum absolute atomic E-state index is 5.73. The lowest BCUT2D eigenvalue weighted by Crippen LogP contribution is -2.52. The predicted molar refractivity (Wildman–Crippen MR) is 88.9 cm³/mol. The number of hydrogen-bond acceptors (Lipinski definition) is 3. The molecule has 3 nitrogen and oxygen atoms in total. The van der Waals surface area contributed by atoms with Crippen molar-refractivity contribution in [2.45, 2.75) is 32.9 Å². The van der Waals surface area contributed by atoms with Crippen molar-refractivity contribution in [3.8, 4) is 0 Å². The first-order chi connectivity index (χ1) is 9.60. The van der Waals surface area contributed by atoms with Crippen LogP contribution in [-0.2, 0) is 13.0 Å². The Labute approximate surface area is 127 Å². The fourth-order valence-corrected chi connectivity index (χ4v) is 2.78. The Morgan fingerprint density at radius 1 is 1.15 bits per heavy atom. The Morgan fingerprint density at radius 3 is 2.20 bits per heavy atom. The van der Waals surface area contributed by atoms with Gasteiger partial charge in [0.25, 0.3) is 0 Å². The predicted octanol–water partition coefficient (Wildman–Crippen LogP) is 2.04. The van der Waals surface area contributed by atoms with Crippen molar-refractivity contribution in [1.82, 2.24) is 9.80 Å². The summed E-state index contributed by atoms with van der Waals surface area (Å²) in [4.78, 5) is 5.48. The summed E-state index contributed by atoms with van der Waals surface area (Å²) in [7, 11) is 0. The normalized spacial score (nSPS) is 18.9. The number of piperazine rings is 1. The van der Waals surface area contributed by atoms with Crippen LogP contribution in [0, 0.1) is 0 Å². The van der Waals surface area contributed by atoms with Crippen LogP contribution in [-0.4, -0.2) is 47.0 Å². The molecule has 1 aromatic carbocycles. The van der Waals surface area contributed by atoms with Crippen molar-refractivity contribution < 1.29 is 0 Å². The van der Waals surface area contributed by atoms with Crippen LogP contribution in [0.4, 0.5) is 0 Å². The molecule has 0 aromatic heterocycles. The zero-order chi connectivity index (χ0) is 14.5. The fraction of sp³-hybridized carbons (Fsp3) is 0.562. The maximum Gasteiger partial charge on any atom is 0.0899 e. The zero-order valence-corrected chi connectivity index (χ0v) is 13.3. The summed E-state index contributed by atoms with van der Waals surface area (Å²) in [6, 6.07) is 9.20. The van der Waals surface area contributed by atoms with Crippen molar-refractivity contribution in [3.63, 3.8) is 0 Å². The zero-order valence-electron chi connectivity index (χ0n) is 12.5. The smallest absolute Gasteiger partial charge is 0.0899 e. The van der Waals surface area contributed by atoms with Gasteiger partial charge >= 0.3 is 0 Å². The molecule has 0 radical (unpaired) electrons. The number of rotatable bonds is 5. The highest BCUT2D eigenvalue weighted by molar-refractivity contribution is 7.80. The first-order valence-corrected chi connectivity index (χ1v) is 7.84. The number of nitrogens with zero attached hydrogens (tertiary/aromatic N) is 2. The van der Waals surface area contributed by atoms with E-state index in [2.05, 4.69) is 47.9 Å². The van der Waals surface area contributed by atoms with Gasteiger partial charge < -0.3 is 5.73 Å². The fourth-order valence-electron chi connectivity index (χ4n) is 2.63. The average molecular weight is 291 g/mol. The summed E-state index contributed by atoms with van der Waals surface area (Å²) in [5.41, 5.74) is 8.54. The minimum absolute atomic E-state index is 0.219. The molecule has 4 heteroatoms. The Bertz CT molecular complexity index is 436. The minimum atomic E-state index is 0.219. The highest BCUT2D eigenvalue weighted by atomic mass is 32.1. The lowest BCUT2D eigenvalue weighted by atomic mass is 10.1. The van der Waals surface area contributed by atoms with E-state index in [0.717, 1.165) is 39.1 Å². The third-order valence-corrected chi connectivity index (χ3v) is 4.54. The lowest BCUT2D eigenvalue weighted by Gasteiger charge is -2.37. The van der Waals surface area contributed by atoms with E-state index >= 15 is 0 Å². The van der Waals surface area contributed by atoms with Crippen LogP contribution in [0.15, 0.2) is 24.3 Å². The van der Waals surface area contributed by atoms with Crippen molar-refractivity contribution in [2.24, 2.45) is 5.73 Å². The molecule has 1 unspecified atom stereocenters. The molecule has 1 heterocycles. The van der Waals surface area contributed by atoms with Crippen LogP contribution < -0.4 is 5.73 Å². The molecule has 2 rings (SSSR count). The third kappa shape index (κ3) is 4.01. The van der Waals surface area contributed by atoms with E-state index in [1.165, 1.54) is 11.1 Å². The summed E-state index contributed by atoms with van der Waals surface area (Å²) in [5.74, 6) is 0. The minimum Gasteiger partial charge on any atom is -0.392 e. The van der Waals surface area contributed by atoms with Crippen molar-refractivity contribution in [2.75, 3.05) is 26.2 Å². The molecule has 0 spiro atoms. The summed E-state index contributed by atoms with van der Waals surface area (Å²) < 4.78 is 0. The number of nitrogens with two attached hydrogens (primary N) is 1. The SMILES string of the molecule is CCc1ccc(CN2CCN(C(C)C(N)=S)CC2)cc1. The van der Waals surface area contributed by atoms with Gasteiger partial charge in [0.15, 0.2) is 0 Å². The van der Waals surface area contributed by atoms with E-state index in [1.807, 2.05) is 0 Å². The van der Waals surface area contributed by atoms with Gasteiger partial charge in [0, 0.05) is 32.7 Å². The molecule has 110 valence electrons. The molecule has 1 aliphatic rings. The number of thiocarbonyl (C=S) groups is 1. The summed E-state index contributed by atoms with van der Waals surface area (Å²) in [5, 5.41) is 0. The first-order valence-electron chi connectivity index (χ1n) is 7.43. The van der Waals surface area contributed by atoms with Crippen LogP contribution in [0.2, 0.25) is 0 Å². The molecule has 1 fully saturated rings. The van der Waals surface area contributed by atoms with Gasteiger partial charge in [-0.05, 0) is 24.5 Å². The van der Waals surface area contributed by atoms with Gasteiger partial charge in [-0.3, -0.25) is 9.80 Å². The Hall–Kier alpha value is -0.970. The number of aryl methyl sites for hydroxylation is 1. The van der Waals surface area contributed by atoms with Gasteiger partial charge in [0.2, 0.25) is 0 Å². The Morgan fingerprint density at radius 2 is 1.70 bits per heavy atom. The molecule has 1 saturated heterocycles. The van der Waals surface area contributed by atoms with Gasteiger partial charge in [-0.25, -0.2) is 0 Å². The summed E-state index contributed by atoms with van der Waals surface area (Å²) in [6.45, 7) is 9.60. The monoisotopic (exact) mass is 291 g/mol. The summed E-state index contributed by atoms with van der Waals surface area (Å²) in [6.07, 6.45) is 1.11. The Balaban J connectivity index is 1.83.